The first-order chi connectivity index (χ1) is 8.40. The number of hydrogen-bond acceptors (Lipinski definition) is 3. The Balaban J connectivity index is 2.18. The highest BCUT2D eigenvalue weighted by atomic mass is 35.5. The topological polar surface area (TPSA) is 54.5 Å². The van der Waals surface area contributed by atoms with Crippen molar-refractivity contribution in [3.05, 3.63) is 33.8 Å². The van der Waals surface area contributed by atoms with E-state index in [-0.39, 0.29) is 23.1 Å². The molecule has 7 heteroatoms. The number of Topliss-reactive ketones (excluding diaryl/α,β-unsaturated/α-hetero) is 1. The SMILES string of the molecule is O=C(CN1CCCS1(=O)=O)c1ccc(Cl)cc1Cl. The van der Waals surface area contributed by atoms with Gasteiger partial charge in [-0.2, -0.15) is 4.31 Å². The van der Waals surface area contributed by atoms with Crippen molar-refractivity contribution >= 4 is 39.0 Å². The summed E-state index contributed by atoms with van der Waals surface area (Å²) in [5, 5.41) is 0.675. The minimum atomic E-state index is -3.27. The molecule has 2 rings (SSSR count). The Kier molecular flexibility index (Phi) is 3.96. The van der Waals surface area contributed by atoms with Gasteiger partial charge in [0.05, 0.1) is 17.3 Å². The molecular weight excluding hydrogens is 297 g/mol. The molecule has 0 amide bonds. The zero-order valence-electron chi connectivity index (χ0n) is 9.40. The second kappa shape index (κ2) is 5.17. The van der Waals surface area contributed by atoms with Crippen molar-refractivity contribution in [1.82, 2.24) is 4.31 Å². The Labute approximate surface area is 116 Å². The summed E-state index contributed by atoms with van der Waals surface area (Å²) in [6.45, 7) is 0.225. The molecule has 0 spiro atoms. The van der Waals surface area contributed by atoms with Crippen LogP contribution in [0, 0.1) is 0 Å². The van der Waals surface area contributed by atoms with Gasteiger partial charge in [0.15, 0.2) is 5.78 Å². The Morgan fingerprint density at radius 2 is 2.06 bits per heavy atom. The fraction of sp³-hybridized carbons (Fsp3) is 0.364. The molecule has 98 valence electrons. The zero-order chi connectivity index (χ0) is 13.3. The van der Waals surface area contributed by atoms with Crippen LogP contribution in [0.4, 0.5) is 0 Å². The molecule has 0 aromatic heterocycles. The van der Waals surface area contributed by atoms with Crippen LogP contribution in [0.5, 0.6) is 0 Å². The van der Waals surface area contributed by atoms with Gasteiger partial charge in [-0.3, -0.25) is 4.79 Å². The Bertz CT molecular complexity index is 586. The van der Waals surface area contributed by atoms with Gasteiger partial charge >= 0.3 is 0 Å². The monoisotopic (exact) mass is 307 g/mol. The third-order valence-electron chi connectivity index (χ3n) is 2.75. The second-order valence-electron chi connectivity index (χ2n) is 4.05. The minimum Gasteiger partial charge on any atom is -0.293 e. The Morgan fingerprint density at radius 1 is 1.33 bits per heavy atom. The lowest BCUT2D eigenvalue weighted by Crippen LogP contribution is -2.31. The Morgan fingerprint density at radius 3 is 2.61 bits per heavy atom. The van der Waals surface area contributed by atoms with Crippen LogP contribution in [-0.4, -0.2) is 37.3 Å². The van der Waals surface area contributed by atoms with Gasteiger partial charge < -0.3 is 0 Å². The van der Waals surface area contributed by atoms with E-state index >= 15 is 0 Å². The molecule has 0 bridgehead atoms. The van der Waals surface area contributed by atoms with E-state index in [0.29, 0.717) is 23.6 Å². The van der Waals surface area contributed by atoms with Crippen LogP contribution < -0.4 is 0 Å². The first-order valence-corrected chi connectivity index (χ1v) is 7.73. The van der Waals surface area contributed by atoms with Gasteiger partial charge in [0.2, 0.25) is 10.0 Å². The fourth-order valence-electron chi connectivity index (χ4n) is 1.83. The zero-order valence-corrected chi connectivity index (χ0v) is 11.7. The average molecular weight is 308 g/mol. The highest BCUT2D eigenvalue weighted by molar-refractivity contribution is 7.89. The third-order valence-corrected chi connectivity index (χ3v) is 5.21. The smallest absolute Gasteiger partial charge is 0.214 e. The molecule has 1 aromatic rings. The highest BCUT2D eigenvalue weighted by Gasteiger charge is 2.30. The quantitative estimate of drug-likeness (QED) is 0.805. The first kappa shape index (κ1) is 13.8. The van der Waals surface area contributed by atoms with Crippen molar-refractivity contribution in [1.29, 1.82) is 0 Å². The standard InChI is InChI=1S/C11H11Cl2NO3S/c12-8-2-3-9(10(13)6-8)11(15)7-14-4-1-5-18(14,16)17/h2-3,6H,1,4-5,7H2. The number of ketones is 1. The lowest BCUT2D eigenvalue weighted by molar-refractivity contribution is 0.0969. The number of rotatable bonds is 3. The number of nitrogens with zero attached hydrogens (tertiary/aromatic N) is 1. The minimum absolute atomic E-state index is 0.106. The summed E-state index contributed by atoms with van der Waals surface area (Å²) in [6, 6.07) is 4.53. The molecule has 0 unspecified atom stereocenters. The third kappa shape index (κ3) is 2.85. The summed E-state index contributed by atoms with van der Waals surface area (Å²) in [4.78, 5) is 12.0. The fourth-order valence-corrected chi connectivity index (χ4v) is 3.82. The summed E-state index contributed by atoms with van der Waals surface area (Å²) in [6.07, 6.45) is 0.559. The van der Waals surface area contributed by atoms with E-state index < -0.39 is 10.0 Å². The molecule has 0 radical (unpaired) electrons. The Hall–Kier alpha value is -0.620. The molecule has 1 heterocycles. The summed E-state index contributed by atoms with van der Waals surface area (Å²) in [5.74, 6) is -0.212. The van der Waals surface area contributed by atoms with Crippen LogP contribution in [0.1, 0.15) is 16.8 Å². The van der Waals surface area contributed by atoms with Crippen molar-refractivity contribution in [2.45, 2.75) is 6.42 Å². The van der Waals surface area contributed by atoms with Crippen LogP contribution in [0.25, 0.3) is 0 Å². The van der Waals surface area contributed by atoms with Crippen LogP contribution >= 0.6 is 23.2 Å². The summed E-state index contributed by atoms with van der Waals surface area (Å²) >= 11 is 11.6. The molecule has 1 fully saturated rings. The van der Waals surface area contributed by atoms with E-state index in [2.05, 4.69) is 0 Å². The van der Waals surface area contributed by atoms with E-state index in [1.54, 1.807) is 6.07 Å². The van der Waals surface area contributed by atoms with Crippen LogP contribution in [0.3, 0.4) is 0 Å². The van der Waals surface area contributed by atoms with Gasteiger partial charge in [-0.1, -0.05) is 23.2 Å². The average Bonchev–Trinajstić information content (AvgIpc) is 2.58. The number of sulfonamides is 1. The van der Waals surface area contributed by atoms with Gasteiger partial charge in [-0.25, -0.2) is 8.42 Å². The number of hydrogen-bond donors (Lipinski definition) is 0. The van der Waals surface area contributed by atoms with Gasteiger partial charge in [0.25, 0.3) is 0 Å². The van der Waals surface area contributed by atoms with E-state index in [4.69, 9.17) is 23.2 Å². The second-order valence-corrected chi connectivity index (χ2v) is 6.98. The molecule has 4 nitrogen and oxygen atoms in total. The largest absolute Gasteiger partial charge is 0.293 e. The van der Waals surface area contributed by atoms with Crippen LogP contribution in [-0.2, 0) is 10.0 Å². The maximum absolute atomic E-state index is 12.0. The molecule has 1 aliphatic rings. The molecule has 18 heavy (non-hydrogen) atoms. The molecule has 1 aliphatic heterocycles. The molecule has 0 aliphatic carbocycles. The normalized spacial score (nSPS) is 19.0. The summed E-state index contributed by atoms with van der Waals surface area (Å²) in [5.41, 5.74) is 0.295. The first-order valence-electron chi connectivity index (χ1n) is 5.36. The van der Waals surface area contributed by atoms with Gasteiger partial charge in [-0.15, -0.1) is 0 Å². The summed E-state index contributed by atoms with van der Waals surface area (Å²) in [7, 11) is -3.27. The maximum atomic E-state index is 12.0. The predicted molar refractivity (Wildman–Crippen MR) is 70.8 cm³/mol. The number of halogens is 2. The molecule has 0 atom stereocenters. The van der Waals surface area contributed by atoms with Crippen molar-refractivity contribution < 1.29 is 13.2 Å². The maximum Gasteiger partial charge on any atom is 0.214 e. The molecule has 1 saturated heterocycles. The van der Waals surface area contributed by atoms with Crippen LogP contribution in [0.15, 0.2) is 18.2 Å². The van der Waals surface area contributed by atoms with Crippen molar-refractivity contribution in [2.75, 3.05) is 18.8 Å². The highest BCUT2D eigenvalue weighted by Crippen LogP contribution is 2.22. The van der Waals surface area contributed by atoms with E-state index in [9.17, 15) is 13.2 Å². The molecule has 1 aromatic carbocycles. The molecule has 0 N–H and O–H groups in total. The van der Waals surface area contributed by atoms with Gasteiger partial charge in [0.1, 0.15) is 0 Å². The lowest BCUT2D eigenvalue weighted by atomic mass is 10.1. The van der Waals surface area contributed by atoms with E-state index in [1.807, 2.05) is 0 Å². The molecule has 0 saturated carbocycles. The van der Waals surface area contributed by atoms with E-state index in [1.165, 1.54) is 16.4 Å². The van der Waals surface area contributed by atoms with E-state index in [0.717, 1.165) is 0 Å². The van der Waals surface area contributed by atoms with Crippen molar-refractivity contribution in [3.8, 4) is 0 Å². The van der Waals surface area contributed by atoms with Gasteiger partial charge in [0, 0.05) is 17.1 Å². The van der Waals surface area contributed by atoms with Crippen molar-refractivity contribution in [2.24, 2.45) is 0 Å². The lowest BCUT2D eigenvalue weighted by Gasteiger charge is -2.13. The van der Waals surface area contributed by atoms with Crippen molar-refractivity contribution in [3.63, 3.8) is 0 Å². The van der Waals surface area contributed by atoms with Crippen LogP contribution in [0.2, 0.25) is 10.0 Å². The predicted octanol–water partition coefficient (Wildman–Crippen LogP) is 2.21. The molecular formula is C11H11Cl2NO3S. The number of benzene rings is 1. The number of carbonyl (C=O) groups is 1. The summed E-state index contributed by atoms with van der Waals surface area (Å²) < 4.78 is 24.4. The number of carbonyl (C=O) groups excluding carboxylic acids is 1. The van der Waals surface area contributed by atoms with Gasteiger partial charge in [-0.05, 0) is 24.6 Å².